The van der Waals surface area contributed by atoms with Gasteiger partial charge in [-0.3, -0.25) is 14.3 Å². The van der Waals surface area contributed by atoms with E-state index in [1.165, 1.54) is 11.8 Å². The highest BCUT2D eigenvalue weighted by atomic mass is 32.2. The topological polar surface area (TPSA) is 102 Å². The van der Waals surface area contributed by atoms with Gasteiger partial charge >= 0.3 is 0 Å². The Kier molecular flexibility index (Phi) is 5.72. The zero-order valence-corrected chi connectivity index (χ0v) is 14.6. The molecule has 0 bridgehead atoms. The minimum Gasteiger partial charge on any atom is -0.369 e. The normalized spacial score (nSPS) is 17.2. The van der Waals surface area contributed by atoms with Crippen molar-refractivity contribution in [1.29, 1.82) is 0 Å². The number of anilines is 1. The van der Waals surface area contributed by atoms with Crippen LogP contribution in [0.1, 0.15) is 29.4 Å². The van der Waals surface area contributed by atoms with Gasteiger partial charge in [-0.1, -0.05) is 12.1 Å². The molecule has 1 unspecified atom stereocenters. The Bertz CT molecular complexity index is 755. The molecule has 1 fully saturated rings. The van der Waals surface area contributed by atoms with E-state index < -0.39 is 5.91 Å². The largest absolute Gasteiger partial charge is 0.369 e. The molecule has 1 aliphatic rings. The van der Waals surface area contributed by atoms with Gasteiger partial charge in [0.1, 0.15) is 0 Å². The van der Waals surface area contributed by atoms with E-state index in [9.17, 15) is 9.59 Å². The van der Waals surface area contributed by atoms with E-state index in [1.54, 1.807) is 12.1 Å². The van der Waals surface area contributed by atoms with Crippen LogP contribution in [0.4, 0.5) is 5.69 Å². The second-order valence-electron chi connectivity index (χ2n) is 5.89. The lowest BCUT2D eigenvalue weighted by atomic mass is 10.1. The number of thioether (sulfide) groups is 1. The summed E-state index contributed by atoms with van der Waals surface area (Å²) in [4.78, 5) is 24.3. The molecule has 1 aliphatic heterocycles. The lowest BCUT2D eigenvalue weighted by Crippen LogP contribution is -2.32. The molecule has 0 saturated carbocycles. The average Bonchev–Trinajstić information content (AvgIpc) is 3.12. The Hall–Kier alpha value is -2.32. The zero-order valence-electron chi connectivity index (χ0n) is 13.8. The van der Waals surface area contributed by atoms with Gasteiger partial charge in [0.15, 0.2) is 5.69 Å². The van der Waals surface area contributed by atoms with Crippen molar-refractivity contribution in [2.75, 3.05) is 24.2 Å². The third-order valence-corrected chi connectivity index (χ3v) is 5.09. The van der Waals surface area contributed by atoms with Crippen LogP contribution in [0.2, 0.25) is 0 Å². The van der Waals surface area contributed by atoms with Gasteiger partial charge in [-0.25, -0.2) is 0 Å². The van der Waals surface area contributed by atoms with Crippen LogP contribution in [0.3, 0.4) is 0 Å². The minimum atomic E-state index is -0.397. The fourth-order valence-corrected chi connectivity index (χ4v) is 3.50. The monoisotopic (exact) mass is 359 g/mol. The molecule has 0 spiro atoms. The van der Waals surface area contributed by atoms with Crippen molar-refractivity contribution in [3.63, 3.8) is 0 Å². The van der Waals surface area contributed by atoms with Crippen molar-refractivity contribution >= 4 is 29.3 Å². The highest BCUT2D eigenvalue weighted by molar-refractivity contribution is 8.00. The maximum Gasteiger partial charge on any atom is 0.276 e. The summed E-state index contributed by atoms with van der Waals surface area (Å²) in [6, 6.07) is 9.33. The quantitative estimate of drug-likeness (QED) is 0.681. The van der Waals surface area contributed by atoms with Crippen LogP contribution in [0, 0.1) is 0 Å². The summed E-state index contributed by atoms with van der Waals surface area (Å²) in [5.74, 6) is -0.503. The van der Waals surface area contributed by atoms with E-state index in [2.05, 4.69) is 15.7 Å². The van der Waals surface area contributed by atoms with Gasteiger partial charge in [-0.05, 0) is 37.6 Å². The highest BCUT2D eigenvalue weighted by Crippen LogP contribution is 2.27. The number of nitrogens with zero attached hydrogens (tertiary/aromatic N) is 2. The van der Waals surface area contributed by atoms with E-state index >= 15 is 0 Å². The number of para-hydroxylation sites is 1. The molecule has 3 rings (SSSR count). The van der Waals surface area contributed by atoms with Crippen LogP contribution in [0.15, 0.2) is 41.4 Å². The van der Waals surface area contributed by atoms with Crippen LogP contribution in [-0.2, 0) is 4.79 Å². The molecule has 1 aromatic heterocycles. The molecular weight excluding hydrogens is 338 g/mol. The Balaban J connectivity index is 1.68. The third-order valence-electron chi connectivity index (χ3n) is 3.99. The van der Waals surface area contributed by atoms with Gasteiger partial charge < -0.3 is 16.4 Å². The van der Waals surface area contributed by atoms with E-state index in [0.717, 1.165) is 30.8 Å². The summed E-state index contributed by atoms with van der Waals surface area (Å²) in [7, 11) is 0. The van der Waals surface area contributed by atoms with Crippen molar-refractivity contribution in [2.24, 2.45) is 5.73 Å². The van der Waals surface area contributed by atoms with E-state index in [1.807, 2.05) is 29.1 Å². The molecular formula is C17H21N5O2S. The highest BCUT2D eigenvalue weighted by Gasteiger charge is 2.18. The smallest absolute Gasteiger partial charge is 0.276 e. The Labute approximate surface area is 150 Å². The van der Waals surface area contributed by atoms with Crippen molar-refractivity contribution < 1.29 is 9.59 Å². The fourth-order valence-electron chi connectivity index (χ4n) is 2.75. The molecule has 25 heavy (non-hydrogen) atoms. The molecule has 0 radical (unpaired) electrons. The Morgan fingerprint density at radius 1 is 1.36 bits per heavy atom. The predicted molar refractivity (Wildman–Crippen MR) is 97.7 cm³/mol. The first-order valence-electron chi connectivity index (χ1n) is 8.21. The number of piperidine rings is 1. The molecule has 4 N–H and O–H groups in total. The molecule has 132 valence electrons. The molecule has 8 heteroatoms. The van der Waals surface area contributed by atoms with Crippen LogP contribution in [-0.4, -0.2) is 40.4 Å². The van der Waals surface area contributed by atoms with Gasteiger partial charge in [-0.2, -0.15) is 5.10 Å². The number of carbonyl (C=O) groups is 2. The van der Waals surface area contributed by atoms with Crippen molar-refractivity contribution in [3.05, 3.63) is 42.2 Å². The number of nitrogens with two attached hydrogens (primary N) is 1. The minimum absolute atomic E-state index is 0.163. The van der Waals surface area contributed by atoms with Crippen LogP contribution in [0.5, 0.6) is 0 Å². The van der Waals surface area contributed by atoms with Gasteiger partial charge in [0.2, 0.25) is 5.91 Å². The maximum absolute atomic E-state index is 12.5. The van der Waals surface area contributed by atoms with E-state index in [-0.39, 0.29) is 17.7 Å². The van der Waals surface area contributed by atoms with E-state index in [0.29, 0.717) is 11.4 Å². The first-order valence-corrected chi connectivity index (χ1v) is 9.19. The summed E-state index contributed by atoms with van der Waals surface area (Å²) in [5.41, 5.74) is 6.21. The number of primary amides is 1. The summed E-state index contributed by atoms with van der Waals surface area (Å²) in [6.07, 6.45) is 4.01. The number of hydrogen-bond acceptors (Lipinski definition) is 5. The zero-order chi connectivity index (χ0) is 17.6. The van der Waals surface area contributed by atoms with Gasteiger partial charge in [-0.15, -0.1) is 11.8 Å². The summed E-state index contributed by atoms with van der Waals surface area (Å²) in [6.45, 7) is 1.90. The standard InChI is InChI=1S/C17H21N5O2S/c18-16(23)11-25-15-6-2-1-5-13(15)20-17(24)14-7-9-22(21-14)12-4-3-8-19-10-12/h1-2,5-7,9,12,19H,3-4,8,10-11H2,(H2,18,23)(H,20,24). The van der Waals surface area contributed by atoms with Crippen LogP contribution >= 0.6 is 11.8 Å². The van der Waals surface area contributed by atoms with Gasteiger partial charge in [0.05, 0.1) is 17.5 Å². The molecule has 7 nitrogen and oxygen atoms in total. The Morgan fingerprint density at radius 3 is 2.96 bits per heavy atom. The number of hydrogen-bond donors (Lipinski definition) is 3. The molecule has 2 heterocycles. The second kappa shape index (κ2) is 8.17. The van der Waals surface area contributed by atoms with Gasteiger partial charge in [0.25, 0.3) is 5.91 Å². The lowest BCUT2D eigenvalue weighted by Gasteiger charge is -2.22. The predicted octanol–water partition coefficient (Wildman–Crippen LogP) is 1.64. The molecule has 1 aromatic carbocycles. The molecule has 0 aliphatic carbocycles. The lowest BCUT2D eigenvalue weighted by molar-refractivity contribution is -0.115. The average molecular weight is 359 g/mol. The number of carbonyl (C=O) groups excluding carboxylic acids is 2. The third kappa shape index (κ3) is 4.61. The van der Waals surface area contributed by atoms with Crippen molar-refractivity contribution in [1.82, 2.24) is 15.1 Å². The first-order chi connectivity index (χ1) is 12.1. The van der Waals surface area contributed by atoms with Crippen molar-refractivity contribution in [3.8, 4) is 0 Å². The summed E-state index contributed by atoms with van der Waals surface area (Å²) < 4.78 is 1.86. The van der Waals surface area contributed by atoms with Crippen molar-refractivity contribution in [2.45, 2.75) is 23.8 Å². The number of aromatic nitrogens is 2. The summed E-state index contributed by atoms with van der Waals surface area (Å²) in [5, 5.41) is 10.6. The van der Waals surface area contributed by atoms with Gasteiger partial charge in [0, 0.05) is 17.6 Å². The first kappa shape index (κ1) is 17.5. The SMILES string of the molecule is NC(=O)CSc1ccccc1NC(=O)c1ccn(C2CCCNC2)n1. The van der Waals surface area contributed by atoms with Crippen LogP contribution < -0.4 is 16.4 Å². The molecule has 2 aromatic rings. The number of nitrogens with one attached hydrogen (secondary N) is 2. The summed E-state index contributed by atoms with van der Waals surface area (Å²) >= 11 is 1.30. The number of benzene rings is 1. The van der Waals surface area contributed by atoms with Crippen LogP contribution in [0.25, 0.3) is 0 Å². The maximum atomic E-state index is 12.5. The molecule has 1 saturated heterocycles. The second-order valence-corrected chi connectivity index (χ2v) is 6.90. The van der Waals surface area contributed by atoms with E-state index in [4.69, 9.17) is 5.73 Å². The molecule has 2 amide bonds. The number of amides is 2. The number of rotatable bonds is 6. The Morgan fingerprint density at radius 2 is 2.20 bits per heavy atom. The fraction of sp³-hybridized carbons (Fsp3) is 0.353. The molecule has 1 atom stereocenters.